The molecule has 0 bridgehead atoms. The van der Waals surface area contributed by atoms with E-state index in [1.165, 1.54) is 0 Å². The van der Waals surface area contributed by atoms with Crippen LogP contribution in [0.15, 0.2) is 126 Å². The maximum atomic E-state index is 9.09. The summed E-state index contributed by atoms with van der Waals surface area (Å²) in [5.74, 6) is 1.79. The van der Waals surface area contributed by atoms with Crippen LogP contribution in [0.4, 0.5) is 0 Å². The summed E-state index contributed by atoms with van der Waals surface area (Å²) in [4.78, 5) is 18.8. The zero-order chi connectivity index (χ0) is 26.6. The van der Waals surface area contributed by atoms with E-state index in [2.05, 4.69) is 39.1 Å². The molecular formula is C33H20BrN5. The summed E-state index contributed by atoms with van der Waals surface area (Å²) in [5.41, 5.74) is 7.51. The number of nitrogens with zero attached hydrogens (tertiary/aromatic N) is 5. The molecule has 5 nitrogen and oxygen atoms in total. The predicted octanol–water partition coefficient (Wildman–Crippen LogP) is 8.24. The number of nitriles is 1. The monoisotopic (exact) mass is 565 g/mol. The van der Waals surface area contributed by atoms with Crippen molar-refractivity contribution in [2.75, 3.05) is 0 Å². The number of aromatic nitrogens is 4. The highest BCUT2D eigenvalue weighted by Gasteiger charge is 2.14. The summed E-state index contributed by atoms with van der Waals surface area (Å²) in [6.45, 7) is 0. The maximum absolute atomic E-state index is 9.09. The van der Waals surface area contributed by atoms with Gasteiger partial charge in [0.25, 0.3) is 0 Å². The van der Waals surface area contributed by atoms with Crippen molar-refractivity contribution in [3.8, 4) is 62.5 Å². The second-order valence-corrected chi connectivity index (χ2v) is 9.82. The number of halogens is 1. The molecule has 0 aliphatic heterocycles. The van der Waals surface area contributed by atoms with Crippen LogP contribution in [0.1, 0.15) is 5.56 Å². The maximum Gasteiger partial charge on any atom is 0.164 e. The lowest BCUT2D eigenvalue weighted by Crippen LogP contribution is -2.00. The number of benzene rings is 4. The number of hydrogen-bond donors (Lipinski definition) is 0. The van der Waals surface area contributed by atoms with E-state index in [4.69, 9.17) is 20.2 Å². The minimum Gasteiger partial charge on any atom is -0.265 e. The highest BCUT2D eigenvalue weighted by molar-refractivity contribution is 9.10. The Morgan fingerprint density at radius 2 is 0.974 bits per heavy atom. The molecule has 0 atom stereocenters. The predicted molar refractivity (Wildman–Crippen MR) is 157 cm³/mol. The minimum absolute atomic E-state index is 0.589. The topological polar surface area (TPSA) is 75.3 Å². The van der Waals surface area contributed by atoms with Gasteiger partial charge in [0, 0.05) is 33.6 Å². The van der Waals surface area contributed by atoms with Crippen LogP contribution in [0.3, 0.4) is 0 Å². The molecular weight excluding hydrogens is 546 g/mol. The van der Waals surface area contributed by atoms with Gasteiger partial charge in [-0.05, 0) is 64.7 Å². The first-order valence-corrected chi connectivity index (χ1v) is 13.1. The van der Waals surface area contributed by atoms with Gasteiger partial charge in [-0.25, -0.2) is 15.0 Å². The molecule has 39 heavy (non-hydrogen) atoms. The lowest BCUT2D eigenvalue weighted by molar-refractivity contribution is 1.07. The molecule has 6 aromatic rings. The summed E-state index contributed by atoms with van der Waals surface area (Å²) in [5, 5.41) is 9.09. The Labute approximate surface area is 234 Å². The third kappa shape index (κ3) is 5.35. The quantitative estimate of drug-likeness (QED) is 0.210. The van der Waals surface area contributed by atoms with E-state index in [1.54, 1.807) is 12.4 Å². The largest absolute Gasteiger partial charge is 0.265 e. The molecule has 2 heterocycles. The van der Waals surface area contributed by atoms with Gasteiger partial charge in [0.15, 0.2) is 17.5 Å². The lowest BCUT2D eigenvalue weighted by atomic mass is 10.0. The van der Waals surface area contributed by atoms with Gasteiger partial charge < -0.3 is 0 Å². The first-order valence-electron chi connectivity index (χ1n) is 12.3. The highest BCUT2D eigenvalue weighted by atomic mass is 79.9. The Kier molecular flexibility index (Phi) is 6.73. The molecule has 4 aromatic carbocycles. The summed E-state index contributed by atoms with van der Waals surface area (Å²) in [6, 6.07) is 37.9. The molecule has 0 spiro atoms. The van der Waals surface area contributed by atoms with Crippen molar-refractivity contribution >= 4 is 15.9 Å². The van der Waals surface area contributed by atoms with Crippen molar-refractivity contribution < 1.29 is 0 Å². The van der Waals surface area contributed by atoms with E-state index in [9.17, 15) is 0 Å². The van der Waals surface area contributed by atoms with E-state index in [1.807, 2.05) is 97.1 Å². The van der Waals surface area contributed by atoms with Crippen molar-refractivity contribution in [2.45, 2.75) is 0 Å². The van der Waals surface area contributed by atoms with Crippen molar-refractivity contribution in [1.82, 2.24) is 19.9 Å². The molecule has 0 amide bonds. The van der Waals surface area contributed by atoms with Crippen LogP contribution in [0.5, 0.6) is 0 Å². The zero-order valence-electron chi connectivity index (χ0n) is 20.7. The Morgan fingerprint density at radius 1 is 0.487 bits per heavy atom. The fourth-order valence-corrected chi connectivity index (χ4v) is 4.82. The molecule has 6 rings (SSSR count). The standard InChI is InChI=1S/C33H20BrN5/c34-30-19-28(25-14-16-36-17-15-25)18-29(20-30)33-38-31(26-4-2-1-3-5-26)37-32(39-33)27-12-10-24(11-13-27)23-8-6-22(21-35)7-9-23/h1-20H. The lowest BCUT2D eigenvalue weighted by Gasteiger charge is -2.11. The van der Waals surface area contributed by atoms with Crippen LogP contribution >= 0.6 is 15.9 Å². The van der Waals surface area contributed by atoms with E-state index in [0.717, 1.165) is 43.4 Å². The smallest absolute Gasteiger partial charge is 0.164 e. The number of rotatable bonds is 5. The van der Waals surface area contributed by atoms with Crippen LogP contribution < -0.4 is 0 Å². The minimum atomic E-state index is 0.589. The average molecular weight is 566 g/mol. The van der Waals surface area contributed by atoms with Crippen molar-refractivity contribution in [3.63, 3.8) is 0 Å². The summed E-state index contributed by atoms with van der Waals surface area (Å²) >= 11 is 3.67. The second kappa shape index (κ2) is 10.8. The van der Waals surface area contributed by atoms with Gasteiger partial charge in [0.05, 0.1) is 11.6 Å². The van der Waals surface area contributed by atoms with Gasteiger partial charge >= 0.3 is 0 Å². The SMILES string of the molecule is N#Cc1ccc(-c2ccc(-c3nc(-c4ccccc4)nc(-c4cc(Br)cc(-c5ccncc5)c4)n3)cc2)cc1. The van der Waals surface area contributed by atoms with Gasteiger partial charge in [-0.3, -0.25) is 4.98 Å². The second-order valence-electron chi connectivity index (χ2n) is 8.90. The van der Waals surface area contributed by atoms with Gasteiger partial charge in [-0.2, -0.15) is 5.26 Å². The molecule has 0 N–H and O–H groups in total. The van der Waals surface area contributed by atoms with Gasteiger partial charge in [0.1, 0.15) is 0 Å². The highest BCUT2D eigenvalue weighted by Crippen LogP contribution is 2.31. The molecule has 0 radical (unpaired) electrons. The Balaban J connectivity index is 1.45. The fourth-order valence-electron chi connectivity index (χ4n) is 4.33. The van der Waals surface area contributed by atoms with Crippen LogP contribution in [-0.4, -0.2) is 19.9 Å². The molecule has 0 unspecified atom stereocenters. The molecule has 6 heteroatoms. The van der Waals surface area contributed by atoms with Gasteiger partial charge in [-0.15, -0.1) is 0 Å². The fraction of sp³-hybridized carbons (Fsp3) is 0. The van der Waals surface area contributed by atoms with E-state index in [-0.39, 0.29) is 0 Å². The molecule has 0 saturated heterocycles. The molecule has 0 fully saturated rings. The van der Waals surface area contributed by atoms with E-state index >= 15 is 0 Å². The van der Waals surface area contributed by atoms with Crippen molar-refractivity contribution in [1.29, 1.82) is 5.26 Å². The average Bonchev–Trinajstić information content (AvgIpc) is 3.01. The number of hydrogen-bond acceptors (Lipinski definition) is 5. The van der Waals surface area contributed by atoms with Gasteiger partial charge in [0.2, 0.25) is 0 Å². The third-order valence-electron chi connectivity index (χ3n) is 6.33. The normalized spacial score (nSPS) is 10.7. The van der Waals surface area contributed by atoms with Crippen LogP contribution in [0, 0.1) is 11.3 Å². The van der Waals surface area contributed by atoms with Crippen LogP contribution in [0.25, 0.3) is 56.4 Å². The Hall–Kier alpha value is -4.99. The summed E-state index contributed by atoms with van der Waals surface area (Å²) < 4.78 is 0.932. The summed E-state index contributed by atoms with van der Waals surface area (Å²) in [7, 11) is 0. The van der Waals surface area contributed by atoms with Crippen molar-refractivity contribution in [3.05, 3.63) is 132 Å². The third-order valence-corrected chi connectivity index (χ3v) is 6.79. The molecule has 184 valence electrons. The van der Waals surface area contributed by atoms with Crippen molar-refractivity contribution in [2.24, 2.45) is 0 Å². The van der Waals surface area contributed by atoms with E-state index < -0.39 is 0 Å². The first kappa shape index (κ1) is 24.4. The Morgan fingerprint density at radius 3 is 1.59 bits per heavy atom. The molecule has 0 saturated carbocycles. The van der Waals surface area contributed by atoms with Crippen LogP contribution in [-0.2, 0) is 0 Å². The molecule has 0 aliphatic rings. The van der Waals surface area contributed by atoms with Gasteiger partial charge in [-0.1, -0.05) is 82.7 Å². The van der Waals surface area contributed by atoms with E-state index in [0.29, 0.717) is 23.0 Å². The van der Waals surface area contributed by atoms with Crippen LogP contribution in [0.2, 0.25) is 0 Å². The molecule has 0 aliphatic carbocycles. The number of pyridine rings is 1. The molecule has 2 aromatic heterocycles. The summed E-state index contributed by atoms with van der Waals surface area (Å²) in [6.07, 6.45) is 3.57. The zero-order valence-corrected chi connectivity index (χ0v) is 22.2. The Bertz CT molecular complexity index is 1800. The first-order chi connectivity index (χ1) is 19.2.